The van der Waals surface area contributed by atoms with Gasteiger partial charge in [-0.2, -0.15) is 13.2 Å². The van der Waals surface area contributed by atoms with E-state index >= 15 is 0 Å². The molecule has 2 rings (SSSR count). The Kier molecular flexibility index (Phi) is 2.44. The molecule has 0 amide bonds. The van der Waals surface area contributed by atoms with Crippen LogP contribution in [0.2, 0.25) is 0 Å². The molecule has 1 fully saturated rings. The second-order valence-electron chi connectivity index (χ2n) is 3.42. The molecule has 3 atom stereocenters. The number of ether oxygens (including phenoxy) is 1. The summed E-state index contributed by atoms with van der Waals surface area (Å²) in [6.07, 6.45) is -8.81. The molecule has 0 saturated carbocycles. The monoisotopic (exact) mass is 218 g/mol. The van der Waals surface area contributed by atoms with E-state index in [2.05, 4.69) is 0 Å². The molecule has 15 heavy (non-hydrogen) atoms. The maximum atomic E-state index is 12.1. The van der Waals surface area contributed by atoms with Crippen LogP contribution in [-0.4, -0.2) is 23.5 Å². The van der Waals surface area contributed by atoms with Crippen LogP contribution in [0.1, 0.15) is 11.7 Å². The Morgan fingerprint density at radius 3 is 2.33 bits per heavy atom. The van der Waals surface area contributed by atoms with Gasteiger partial charge in [-0.1, -0.05) is 30.3 Å². The van der Waals surface area contributed by atoms with Crippen molar-refractivity contribution in [1.29, 1.82) is 0 Å². The largest absolute Gasteiger partial charge is 0.417 e. The van der Waals surface area contributed by atoms with Crippen LogP contribution in [0, 0.1) is 0 Å². The van der Waals surface area contributed by atoms with Crippen molar-refractivity contribution in [2.75, 3.05) is 0 Å². The van der Waals surface area contributed by atoms with E-state index in [0.29, 0.717) is 5.56 Å². The molecule has 0 aromatic heterocycles. The average Bonchev–Trinajstić information content (AvgIpc) is 2.96. The van der Waals surface area contributed by atoms with Crippen molar-refractivity contribution in [3.05, 3.63) is 35.9 Å². The highest BCUT2D eigenvalue weighted by molar-refractivity contribution is 5.23. The van der Waals surface area contributed by atoms with Gasteiger partial charge in [0.05, 0.1) is 0 Å². The Labute approximate surface area is 84.3 Å². The van der Waals surface area contributed by atoms with Crippen molar-refractivity contribution < 1.29 is 23.0 Å². The zero-order chi connectivity index (χ0) is 11.1. The molecule has 1 aliphatic rings. The molecule has 0 bridgehead atoms. The number of rotatable bonds is 2. The predicted octanol–water partition coefficient (Wildman–Crippen LogP) is 2.05. The lowest BCUT2D eigenvalue weighted by atomic mass is 10.1. The minimum atomic E-state index is -4.62. The number of hydrogen-bond acceptors (Lipinski definition) is 2. The molecule has 0 aliphatic carbocycles. The lowest BCUT2D eigenvalue weighted by molar-refractivity contribution is -0.208. The summed E-state index contributed by atoms with van der Waals surface area (Å²) < 4.78 is 41.1. The molecule has 1 aromatic rings. The quantitative estimate of drug-likeness (QED) is 0.770. The maximum Gasteiger partial charge on any atom is 0.417 e. The van der Waals surface area contributed by atoms with Crippen LogP contribution in [-0.2, 0) is 4.74 Å². The molecule has 1 saturated heterocycles. The van der Waals surface area contributed by atoms with Gasteiger partial charge in [0.15, 0.2) is 6.10 Å². The topological polar surface area (TPSA) is 32.8 Å². The van der Waals surface area contributed by atoms with Gasteiger partial charge in [-0.25, -0.2) is 0 Å². The smallest absolute Gasteiger partial charge is 0.381 e. The van der Waals surface area contributed by atoms with E-state index in [4.69, 9.17) is 9.84 Å². The van der Waals surface area contributed by atoms with Crippen LogP contribution in [0.15, 0.2) is 30.3 Å². The van der Waals surface area contributed by atoms with E-state index in [0.717, 1.165) is 0 Å². The van der Waals surface area contributed by atoms with Crippen molar-refractivity contribution in [3.63, 3.8) is 0 Å². The third kappa shape index (κ3) is 2.13. The molecule has 1 aromatic carbocycles. The first kappa shape index (κ1) is 10.4. The van der Waals surface area contributed by atoms with Crippen LogP contribution in [0.5, 0.6) is 0 Å². The third-order valence-electron chi connectivity index (χ3n) is 2.30. The van der Waals surface area contributed by atoms with Gasteiger partial charge in [-0.15, -0.1) is 0 Å². The molecule has 82 valence electrons. The number of benzene rings is 1. The Hall–Kier alpha value is -1.07. The highest BCUT2D eigenvalue weighted by Crippen LogP contribution is 2.44. The summed E-state index contributed by atoms with van der Waals surface area (Å²) in [5.74, 6) is 0. The van der Waals surface area contributed by atoms with E-state index in [1.54, 1.807) is 30.3 Å². The van der Waals surface area contributed by atoms with E-state index in [1.165, 1.54) is 0 Å². The molecular weight excluding hydrogens is 209 g/mol. The fraction of sp³-hybridized carbons (Fsp3) is 0.400. The number of hydrogen-bond donors (Lipinski definition) is 1. The van der Waals surface area contributed by atoms with Gasteiger partial charge in [-0.05, 0) is 5.56 Å². The normalized spacial score (nSPS) is 27.5. The van der Waals surface area contributed by atoms with Crippen molar-refractivity contribution in [1.82, 2.24) is 0 Å². The zero-order valence-electron chi connectivity index (χ0n) is 7.61. The Morgan fingerprint density at radius 2 is 1.80 bits per heavy atom. The van der Waals surface area contributed by atoms with Gasteiger partial charge in [0, 0.05) is 0 Å². The van der Waals surface area contributed by atoms with E-state index in [-0.39, 0.29) is 0 Å². The molecule has 1 heterocycles. The highest BCUT2D eigenvalue weighted by atomic mass is 19.4. The summed E-state index contributed by atoms with van der Waals surface area (Å²) in [4.78, 5) is 0. The number of aliphatic hydroxyl groups is 1. The second-order valence-corrected chi connectivity index (χ2v) is 3.42. The van der Waals surface area contributed by atoms with E-state index in [9.17, 15) is 13.2 Å². The fourth-order valence-corrected chi connectivity index (χ4v) is 1.46. The van der Waals surface area contributed by atoms with Crippen LogP contribution in [0.4, 0.5) is 13.2 Å². The maximum absolute atomic E-state index is 12.1. The van der Waals surface area contributed by atoms with E-state index in [1.807, 2.05) is 0 Å². The van der Waals surface area contributed by atoms with Gasteiger partial charge >= 0.3 is 6.18 Å². The third-order valence-corrected chi connectivity index (χ3v) is 2.30. The lowest BCUT2D eigenvalue weighted by Crippen LogP contribution is -2.33. The Morgan fingerprint density at radius 1 is 1.20 bits per heavy atom. The van der Waals surface area contributed by atoms with Gasteiger partial charge in [0.2, 0.25) is 0 Å². The highest BCUT2D eigenvalue weighted by Gasteiger charge is 2.56. The number of alkyl halides is 3. The van der Waals surface area contributed by atoms with Gasteiger partial charge in [0.25, 0.3) is 0 Å². The standard InChI is InChI=1S/C10H9F3O2/c11-10(12,13)9(14)8-7(15-8)6-4-2-1-3-5-6/h1-5,7-9,14H/t7-,8+,9+/m1/s1. The number of halogens is 3. The number of aliphatic hydroxyl groups excluding tert-OH is 1. The summed E-state index contributed by atoms with van der Waals surface area (Å²) in [5.41, 5.74) is 0.658. The first-order valence-electron chi connectivity index (χ1n) is 4.45. The first-order valence-corrected chi connectivity index (χ1v) is 4.45. The van der Waals surface area contributed by atoms with Crippen LogP contribution in [0.3, 0.4) is 0 Å². The average molecular weight is 218 g/mol. The molecule has 1 aliphatic heterocycles. The van der Waals surface area contributed by atoms with Crippen molar-refractivity contribution in [3.8, 4) is 0 Å². The summed E-state index contributed by atoms with van der Waals surface area (Å²) in [7, 11) is 0. The summed E-state index contributed by atoms with van der Waals surface area (Å²) >= 11 is 0. The van der Waals surface area contributed by atoms with Gasteiger partial charge in [0.1, 0.15) is 12.2 Å². The summed E-state index contributed by atoms with van der Waals surface area (Å²) in [5, 5.41) is 8.91. The van der Waals surface area contributed by atoms with Crippen molar-refractivity contribution in [2.45, 2.75) is 24.5 Å². The van der Waals surface area contributed by atoms with Crippen LogP contribution in [0.25, 0.3) is 0 Å². The van der Waals surface area contributed by atoms with Gasteiger partial charge in [-0.3, -0.25) is 0 Å². The molecule has 0 radical (unpaired) electrons. The molecule has 2 nitrogen and oxygen atoms in total. The lowest BCUT2D eigenvalue weighted by Gasteiger charge is -2.11. The zero-order valence-corrected chi connectivity index (χ0v) is 7.61. The second kappa shape index (κ2) is 3.50. The summed E-state index contributed by atoms with van der Waals surface area (Å²) in [6, 6.07) is 8.55. The van der Waals surface area contributed by atoms with Crippen LogP contribution >= 0.6 is 0 Å². The molecule has 5 heteroatoms. The van der Waals surface area contributed by atoms with Crippen molar-refractivity contribution in [2.24, 2.45) is 0 Å². The Balaban J connectivity index is 2.03. The predicted molar refractivity (Wildman–Crippen MR) is 46.1 cm³/mol. The molecular formula is C10H9F3O2. The first-order chi connectivity index (χ1) is 7.00. The number of epoxide rings is 1. The fourth-order valence-electron chi connectivity index (χ4n) is 1.46. The van der Waals surface area contributed by atoms with E-state index < -0.39 is 24.5 Å². The minimum Gasteiger partial charge on any atom is -0.381 e. The Bertz CT molecular complexity index is 336. The SMILES string of the molecule is O[C@@H]([C@H]1O[C@@H]1c1ccccc1)C(F)(F)F. The summed E-state index contributed by atoms with van der Waals surface area (Å²) in [6.45, 7) is 0. The van der Waals surface area contributed by atoms with Crippen molar-refractivity contribution >= 4 is 0 Å². The van der Waals surface area contributed by atoms with Gasteiger partial charge < -0.3 is 9.84 Å². The molecule has 0 unspecified atom stereocenters. The minimum absolute atomic E-state index is 0.636. The van der Waals surface area contributed by atoms with Crippen LogP contribution < -0.4 is 0 Å². The molecule has 0 spiro atoms. The molecule has 1 N–H and O–H groups in total.